The predicted octanol–water partition coefficient (Wildman–Crippen LogP) is 3.55. The third kappa shape index (κ3) is 6.08. The summed E-state index contributed by atoms with van der Waals surface area (Å²) >= 11 is 5.98. The summed E-state index contributed by atoms with van der Waals surface area (Å²) in [6, 6.07) is 14.4. The van der Waals surface area contributed by atoms with Crippen LogP contribution in [0.15, 0.2) is 53.5 Å². The minimum Gasteiger partial charge on any atom is -0.357 e. The largest absolute Gasteiger partial charge is 0.357 e. The number of hydrogen-bond acceptors (Lipinski definition) is 3. The average molecular weight is 361 g/mol. The van der Waals surface area contributed by atoms with E-state index in [1.807, 2.05) is 31.2 Å². The van der Waals surface area contributed by atoms with E-state index < -0.39 is 0 Å². The Balaban J connectivity index is 1.97. The zero-order valence-corrected chi connectivity index (χ0v) is 14.8. The first-order valence-electron chi connectivity index (χ1n) is 8.09. The lowest BCUT2D eigenvalue weighted by Crippen LogP contribution is -2.38. The van der Waals surface area contributed by atoms with Crippen molar-refractivity contribution in [1.82, 2.24) is 10.6 Å². The van der Waals surface area contributed by atoms with Gasteiger partial charge in [-0.05, 0) is 31.0 Å². The SMILES string of the molecule is CCNC(=NCc1ccccc1[N+](=O)[O-])NCCc1cccc(Cl)c1. The molecule has 0 bridgehead atoms. The number of aliphatic imine (C=N–C) groups is 1. The van der Waals surface area contributed by atoms with E-state index in [4.69, 9.17) is 11.6 Å². The molecule has 2 aromatic carbocycles. The van der Waals surface area contributed by atoms with Gasteiger partial charge in [-0.1, -0.05) is 41.9 Å². The second kappa shape index (κ2) is 9.64. The van der Waals surface area contributed by atoms with Gasteiger partial charge in [-0.3, -0.25) is 10.1 Å². The molecule has 0 fully saturated rings. The topological polar surface area (TPSA) is 79.6 Å². The second-order valence-corrected chi connectivity index (χ2v) is 5.82. The molecule has 0 spiro atoms. The molecule has 0 aliphatic rings. The van der Waals surface area contributed by atoms with Gasteiger partial charge in [0, 0.05) is 24.2 Å². The molecule has 2 rings (SSSR count). The molecule has 25 heavy (non-hydrogen) atoms. The van der Waals surface area contributed by atoms with E-state index in [0.717, 1.165) is 17.0 Å². The summed E-state index contributed by atoms with van der Waals surface area (Å²) in [7, 11) is 0. The molecule has 2 aromatic rings. The van der Waals surface area contributed by atoms with Crippen molar-refractivity contribution in [3.8, 4) is 0 Å². The number of nitro groups is 1. The molecule has 6 nitrogen and oxygen atoms in total. The van der Waals surface area contributed by atoms with Crippen molar-refractivity contribution in [2.75, 3.05) is 13.1 Å². The van der Waals surface area contributed by atoms with E-state index >= 15 is 0 Å². The summed E-state index contributed by atoms with van der Waals surface area (Å²) in [6.45, 7) is 3.60. The van der Waals surface area contributed by atoms with Crippen molar-refractivity contribution >= 4 is 23.2 Å². The number of hydrogen-bond donors (Lipinski definition) is 2. The fourth-order valence-corrected chi connectivity index (χ4v) is 2.56. The van der Waals surface area contributed by atoms with E-state index in [1.54, 1.807) is 18.2 Å². The molecule has 0 aliphatic heterocycles. The first-order valence-corrected chi connectivity index (χ1v) is 8.47. The average Bonchev–Trinajstić information content (AvgIpc) is 2.60. The molecule has 2 N–H and O–H groups in total. The van der Waals surface area contributed by atoms with Crippen LogP contribution in [0.1, 0.15) is 18.1 Å². The number of nitrogens with zero attached hydrogens (tertiary/aromatic N) is 2. The summed E-state index contributed by atoms with van der Waals surface area (Å²) in [6.07, 6.45) is 0.802. The molecule has 0 atom stereocenters. The van der Waals surface area contributed by atoms with Crippen LogP contribution < -0.4 is 10.6 Å². The Labute approximate surface area is 152 Å². The lowest BCUT2D eigenvalue weighted by molar-refractivity contribution is -0.385. The maximum atomic E-state index is 11.1. The maximum absolute atomic E-state index is 11.1. The molecular formula is C18H21ClN4O2. The summed E-state index contributed by atoms with van der Waals surface area (Å²) in [5, 5.41) is 18.2. The second-order valence-electron chi connectivity index (χ2n) is 5.39. The molecule has 0 unspecified atom stereocenters. The van der Waals surface area contributed by atoms with E-state index in [2.05, 4.69) is 15.6 Å². The number of rotatable bonds is 7. The van der Waals surface area contributed by atoms with Crippen molar-refractivity contribution in [3.05, 3.63) is 74.8 Å². The third-order valence-electron chi connectivity index (χ3n) is 3.54. The van der Waals surface area contributed by atoms with Crippen LogP contribution in [0.5, 0.6) is 0 Å². The van der Waals surface area contributed by atoms with E-state index in [1.165, 1.54) is 6.07 Å². The highest BCUT2D eigenvalue weighted by Gasteiger charge is 2.11. The van der Waals surface area contributed by atoms with E-state index in [0.29, 0.717) is 24.6 Å². The third-order valence-corrected chi connectivity index (χ3v) is 3.77. The molecule has 132 valence electrons. The van der Waals surface area contributed by atoms with Gasteiger partial charge in [0.1, 0.15) is 0 Å². The molecule has 0 radical (unpaired) electrons. The van der Waals surface area contributed by atoms with Crippen LogP contribution in [0.3, 0.4) is 0 Å². The van der Waals surface area contributed by atoms with Crippen LogP contribution in [0.4, 0.5) is 5.69 Å². The van der Waals surface area contributed by atoms with Crippen LogP contribution in [0, 0.1) is 10.1 Å². The zero-order chi connectivity index (χ0) is 18.1. The van der Waals surface area contributed by atoms with Crippen molar-refractivity contribution in [2.45, 2.75) is 19.9 Å². The van der Waals surface area contributed by atoms with Gasteiger partial charge in [0.05, 0.1) is 17.0 Å². The molecule has 0 saturated carbocycles. The van der Waals surface area contributed by atoms with Crippen LogP contribution in [-0.4, -0.2) is 24.0 Å². The van der Waals surface area contributed by atoms with Gasteiger partial charge in [0.15, 0.2) is 5.96 Å². The van der Waals surface area contributed by atoms with Gasteiger partial charge < -0.3 is 10.6 Å². The molecule has 0 aliphatic carbocycles. The van der Waals surface area contributed by atoms with E-state index in [-0.39, 0.29) is 17.2 Å². The Morgan fingerprint density at radius 3 is 2.72 bits per heavy atom. The van der Waals surface area contributed by atoms with Gasteiger partial charge in [0.2, 0.25) is 0 Å². The zero-order valence-electron chi connectivity index (χ0n) is 14.0. The Morgan fingerprint density at radius 2 is 2.00 bits per heavy atom. The predicted molar refractivity (Wildman–Crippen MR) is 101 cm³/mol. The molecule has 0 aromatic heterocycles. The minimum absolute atomic E-state index is 0.0843. The van der Waals surface area contributed by atoms with Crippen LogP contribution in [-0.2, 0) is 13.0 Å². The highest BCUT2D eigenvalue weighted by atomic mass is 35.5. The van der Waals surface area contributed by atoms with Crippen molar-refractivity contribution in [1.29, 1.82) is 0 Å². The number of nitro benzene ring substituents is 1. The smallest absolute Gasteiger partial charge is 0.274 e. The number of para-hydroxylation sites is 1. The van der Waals surface area contributed by atoms with Crippen LogP contribution in [0.25, 0.3) is 0 Å². The number of benzene rings is 2. The van der Waals surface area contributed by atoms with Gasteiger partial charge in [-0.15, -0.1) is 0 Å². The van der Waals surface area contributed by atoms with Crippen molar-refractivity contribution < 1.29 is 4.92 Å². The number of nitrogens with one attached hydrogen (secondary N) is 2. The van der Waals surface area contributed by atoms with E-state index in [9.17, 15) is 10.1 Å². The van der Waals surface area contributed by atoms with Gasteiger partial charge in [-0.2, -0.15) is 0 Å². The van der Waals surface area contributed by atoms with Gasteiger partial charge >= 0.3 is 0 Å². The highest BCUT2D eigenvalue weighted by Crippen LogP contribution is 2.18. The number of halogens is 1. The van der Waals surface area contributed by atoms with Crippen molar-refractivity contribution in [2.24, 2.45) is 4.99 Å². The molecule has 0 saturated heterocycles. The normalized spacial score (nSPS) is 11.2. The highest BCUT2D eigenvalue weighted by molar-refractivity contribution is 6.30. The minimum atomic E-state index is -0.385. The fourth-order valence-electron chi connectivity index (χ4n) is 2.35. The molecule has 0 heterocycles. The first-order chi connectivity index (χ1) is 12.1. The standard InChI is InChI=1S/C18H21ClN4O2/c1-2-20-18(21-11-10-14-6-5-8-16(19)12-14)22-13-15-7-3-4-9-17(15)23(24)25/h3-9,12H,2,10-11,13H2,1H3,(H2,20,21,22). The fraction of sp³-hybridized carbons (Fsp3) is 0.278. The Morgan fingerprint density at radius 1 is 1.20 bits per heavy atom. The van der Waals surface area contributed by atoms with Gasteiger partial charge in [0.25, 0.3) is 5.69 Å². The Hall–Kier alpha value is -2.60. The Kier molecular flexibility index (Phi) is 7.22. The van der Waals surface area contributed by atoms with Crippen molar-refractivity contribution in [3.63, 3.8) is 0 Å². The summed E-state index contributed by atoms with van der Waals surface area (Å²) in [5.74, 6) is 0.627. The van der Waals surface area contributed by atoms with Gasteiger partial charge in [-0.25, -0.2) is 4.99 Å². The molecule has 0 amide bonds. The molecular weight excluding hydrogens is 340 g/mol. The quantitative estimate of drug-likeness (QED) is 0.342. The van der Waals surface area contributed by atoms with Crippen LogP contribution in [0.2, 0.25) is 5.02 Å². The monoisotopic (exact) mass is 360 g/mol. The lowest BCUT2D eigenvalue weighted by atomic mass is 10.1. The Bertz CT molecular complexity index is 749. The lowest BCUT2D eigenvalue weighted by Gasteiger charge is -2.11. The maximum Gasteiger partial charge on any atom is 0.274 e. The number of guanidine groups is 1. The molecule has 7 heteroatoms. The van der Waals surface area contributed by atoms with Crippen LogP contribution >= 0.6 is 11.6 Å². The first kappa shape index (κ1) is 18.7. The summed E-state index contributed by atoms with van der Waals surface area (Å²) < 4.78 is 0. The summed E-state index contributed by atoms with van der Waals surface area (Å²) in [4.78, 5) is 15.1. The summed E-state index contributed by atoms with van der Waals surface area (Å²) in [5.41, 5.74) is 1.80.